The fraction of sp³-hybridized carbons (Fsp3) is 0.526. The molecule has 0 aromatic heterocycles. The van der Waals surface area contributed by atoms with Gasteiger partial charge < -0.3 is 10.2 Å². The van der Waals surface area contributed by atoms with Crippen LogP contribution in [0.1, 0.15) is 38.2 Å². The Hall–Kier alpha value is -1.13. The second-order valence-electron chi connectivity index (χ2n) is 6.23. The summed E-state index contributed by atoms with van der Waals surface area (Å²) in [5, 5.41) is 8.43. The standard InChI is InChI=1S/C19H32N4O2S.HI/c1-4-6-7-8-9-16-23(3)19(21-5-2)22-15-14-17-10-12-18(13-11-17)26(20,24)25;/h4,10-13H,1,5-9,14-16H2,2-3H3,(H,21,22)(H2,20,24,25);1H. The number of nitrogens with two attached hydrogens (primary N) is 1. The molecule has 0 radical (unpaired) electrons. The van der Waals surface area contributed by atoms with Crippen LogP contribution in [0.2, 0.25) is 0 Å². The summed E-state index contributed by atoms with van der Waals surface area (Å²) in [7, 11) is -1.59. The van der Waals surface area contributed by atoms with Gasteiger partial charge in [0, 0.05) is 26.7 Å². The lowest BCUT2D eigenvalue weighted by Crippen LogP contribution is -2.39. The van der Waals surface area contributed by atoms with Crippen molar-refractivity contribution in [3.63, 3.8) is 0 Å². The third-order valence-electron chi connectivity index (χ3n) is 4.01. The highest BCUT2D eigenvalue weighted by Gasteiger charge is 2.07. The van der Waals surface area contributed by atoms with Gasteiger partial charge in [0.2, 0.25) is 10.0 Å². The first-order chi connectivity index (χ1) is 12.4. The molecule has 0 amide bonds. The fourth-order valence-electron chi connectivity index (χ4n) is 2.53. The Bertz CT molecular complexity index is 675. The minimum Gasteiger partial charge on any atom is -0.357 e. The molecule has 0 fully saturated rings. The number of benzene rings is 1. The molecule has 0 atom stereocenters. The van der Waals surface area contributed by atoms with E-state index >= 15 is 0 Å². The third-order valence-corrected chi connectivity index (χ3v) is 4.94. The maximum Gasteiger partial charge on any atom is 0.238 e. The van der Waals surface area contributed by atoms with Gasteiger partial charge in [0.25, 0.3) is 0 Å². The van der Waals surface area contributed by atoms with Crippen LogP contribution in [0.15, 0.2) is 46.8 Å². The molecule has 3 N–H and O–H groups in total. The summed E-state index contributed by atoms with van der Waals surface area (Å²) in [5.41, 5.74) is 1.03. The zero-order valence-electron chi connectivity index (χ0n) is 16.4. The summed E-state index contributed by atoms with van der Waals surface area (Å²) >= 11 is 0. The van der Waals surface area contributed by atoms with Crippen molar-refractivity contribution in [1.82, 2.24) is 10.2 Å². The molecule has 154 valence electrons. The van der Waals surface area contributed by atoms with Crippen molar-refractivity contribution in [3.05, 3.63) is 42.5 Å². The number of aliphatic imine (C=N–C) groups is 1. The van der Waals surface area contributed by atoms with Crippen LogP contribution in [0.3, 0.4) is 0 Å². The molecule has 27 heavy (non-hydrogen) atoms. The van der Waals surface area contributed by atoms with E-state index in [1.807, 2.05) is 6.08 Å². The van der Waals surface area contributed by atoms with Crippen LogP contribution in [-0.2, 0) is 16.4 Å². The van der Waals surface area contributed by atoms with E-state index in [1.165, 1.54) is 25.0 Å². The number of hydrogen-bond donors (Lipinski definition) is 2. The number of nitrogens with one attached hydrogen (secondary N) is 1. The monoisotopic (exact) mass is 508 g/mol. The zero-order valence-corrected chi connectivity index (χ0v) is 19.5. The predicted molar refractivity (Wildman–Crippen MR) is 124 cm³/mol. The molecule has 0 saturated carbocycles. The molecule has 0 aliphatic heterocycles. The van der Waals surface area contributed by atoms with E-state index in [1.54, 1.807) is 12.1 Å². The van der Waals surface area contributed by atoms with Gasteiger partial charge in [-0.25, -0.2) is 13.6 Å². The number of rotatable bonds is 11. The van der Waals surface area contributed by atoms with Gasteiger partial charge in [-0.3, -0.25) is 4.99 Å². The number of guanidine groups is 1. The van der Waals surface area contributed by atoms with Crippen LogP contribution >= 0.6 is 24.0 Å². The van der Waals surface area contributed by atoms with Crippen molar-refractivity contribution < 1.29 is 8.42 Å². The molecule has 0 aliphatic rings. The first-order valence-corrected chi connectivity index (χ1v) is 10.6. The van der Waals surface area contributed by atoms with Crippen LogP contribution in [-0.4, -0.2) is 46.0 Å². The largest absolute Gasteiger partial charge is 0.357 e. The molecule has 8 heteroatoms. The molecule has 0 heterocycles. The minimum absolute atomic E-state index is 0. The molecule has 0 spiro atoms. The van der Waals surface area contributed by atoms with Gasteiger partial charge in [-0.15, -0.1) is 30.6 Å². The lowest BCUT2D eigenvalue weighted by Gasteiger charge is -2.22. The van der Waals surface area contributed by atoms with Gasteiger partial charge in [0.05, 0.1) is 4.90 Å². The summed E-state index contributed by atoms with van der Waals surface area (Å²) in [6.45, 7) is 8.22. The normalized spacial score (nSPS) is 11.6. The van der Waals surface area contributed by atoms with E-state index in [2.05, 4.69) is 35.8 Å². The van der Waals surface area contributed by atoms with E-state index in [-0.39, 0.29) is 28.9 Å². The Kier molecular flexibility index (Phi) is 13.4. The smallest absolute Gasteiger partial charge is 0.238 e. The average molecular weight is 508 g/mol. The van der Waals surface area contributed by atoms with E-state index in [4.69, 9.17) is 5.14 Å². The first kappa shape index (κ1) is 25.9. The maximum atomic E-state index is 11.3. The maximum absolute atomic E-state index is 11.3. The zero-order chi connectivity index (χ0) is 19.4. The second kappa shape index (κ2) is 14.0. The molecular formula is C19H33IN4O2S. The summed E-state index contributed by atoms with van der Waals surface area (Å²) in [6.07, 6.45) is 7.27. The van der Waals surface area contributed by atoms with E-state index in [0.717, 1.165) is 43.9 Å². The van der Waals surface area contributed by atoms with E-state index in [9.17, 15) is 8.42 Å². The Balaban J connectivity index is 0.00000676. The second-order valence-corrected chi connectivity index (χ2v) is 7.80. The number of sulfonamides is 1. The van der Waals surface area contributed by atoms with Crippen LogP contribution in [0.25, 0.3) is 0 Å². The van der Waals surface area contributed by atoms with Crippen molar-refractivity contribution in [2.24, 2.45) is 10.1 Å². The van der Waals surface area contributed by atoms with Gasteiger partial charge in [-0.2, -0.15) is 0 Å². The molecule has 0 bridgehead atoms. The Morgan fingerprint density at radius 2 is 1.93 bits per heavy atom. The van der Waals surface area contributed by atoms with Crippen LogP contribution < -0.4 is 10.5 Å². The van der Waals surface area contributed by atoms with E-state index in [0.29, 0.717) is 6.54 Å². The highest BCUT2D eigenvalue weighted by molar-refractivity contribution is 14.0. The molecular weight excluding hydrogens is 475 g/mol. The SMILES string of the molecule is C=CCCCCCN(C)C(=NCCc1ccc(S(N)(=O)=O)cc1)NCC.I. The number of allylic oxidation sites excluding steroid dienone is 1. The summed E-state index contributed by atoms with van der Waals surface area (Å²) in [5.74, 6) is 0.900. The molecule has 0 aliphatic carbocycles. The van der Waals surface area contributed by atoms with Crippen LogP contribution in [0, 0.1) is 0 Å². The number of primary sulfonamides is 1. The van der Waals surface area contributed by atoms with Crippen molar-refractivity contribution in [2.75, 3.05) is 26.7 Å². The van der Waals surface area contributed by atoms with Crippen LogP contribution in [0.5, 0.6) is 0 Å². The van der Waals surface area contributed by atoms with Gasteiger partial charge in [-0.1, -0.05) is 24.6 Å². The topological polar surface area (TPSA) is 87.8 Å². The molecule has 0 saturated heterocycles. The fourth-order valence-corrected chi connectivity index (χ4v) is 3.04. The number of nitrogens with zero attached hydrogens (tertiary/aromatic N) is 2. The van der Waals surface area contributed by atoms with Gasteiger partial charge in [0.1, 0.15) is 0 Å². The van der Waals surface area contributed by atoms with Gasteiger partial charge >= 0.3 is 0 Å². The molecule has 1 rings (SSSR count). The Morgan fingerprint density at radius 1 is 1.26 bits per heavy atom. The Morgan fingerprint density at radius 3 is 2.48 bits per heavy atom. The lowest BCUT2D eigenvalue weighted by atomic mass is 10.1. The van der Waals surface area contributed by atoms with Crippen LogP contribution in [0.4, 0.5) is 0 Å². The molecule has 1 aromatic rings. The summed E-state index contributed by atoms with van der Waals surface area (Å²) in [6, 6.07) is 6.64. The van der Waals surface area contributed by atoms with Crippen molar-refractivity contribution in [2.45, 2.75) is 43.9 Å². The Labute approximate surface area is 181 Å². The highest BCUT2D eigenvalue weighted by Crippen LogP contribution is 2.09. The van der Waals surface area contributed by atoms with Gasteiger partial charge in [-0.05, 0) is 50.3 Å². The highest BCUT2D eigenvalue weighted by atomic mass is 127. The molecule has 6 nitrogen and oxygen atoms in total. The van der Waals surface area contributed by atoms with Gasteiger partial charge in [0.15, 0.2) is 5.96 Å². The number of hydrogen-bond acceptors (Lipinski definition) is 3. The predicted octanol–water partition coefficient (Wildman–Crippen LogP) is 3.14. The lowest BCUT2D eigenvalue weighted by molar-refractivity contribution is 0.455. The van der Waals surface area contributed by atoms with Crippen molar-refractivity contribution >= 4 is 40.0 Å². The van der Waals surface area contributed by atoms with Crippen molar-refractivity contribution in [1.29, 1.82) is 0 Å². The quantitative estimate of drug-likeness (QED) is 0.158. The molecule has 1 aromatic carbocycles. The summed E-state index contributed by atoms with van der Waals surface area (Å²) in [4.78, 5) is 6.96. The first-order valence-electron chi connectivity index (χ1n) is 9.10. The number of halogens is 1. The van der Waals surface area contributed by atoms with Crippen molar-refractivity contribution in [3.8, 4) is 0 Å². The minimum atomic E-state index is -3.64. The van der Waals surface area contributed by atoms with E-state index < -0.39 is 10.0 Å². The molecule has 0 unspecified atom stereocenters. The number of unbranched alkanes of at least 4 members (excludes halogenated alkanes) is 3. The summed E-state index contributed by atoms with van der Waals surface area (Å²) < 4.78 is 22.6. The average Bonchev–Trinajstić information content (AvgIpc) is 2.60. The third kappa shape index (κ3) is 10.7.